The molecule has 8 nitrogen and oxygen atoms in total. The van der Waals surface area contributed by atoms with Crippen LogP contribution in [0, 0.1) is 0 Å². The van der Waals surface area contributed by atoms with Crippen molar-refractivity contribution in [2.24, 2.45) is 0 Å². The molecule has 140 valence electrons. The van der Waals surface area contributed by atoms with E-state index in [0.717, 1.165) is 18.2 Å². The Morgan fingerprint density at radius 3 is 2.81 bits per heavy atom. The first-order chi connectivity index (χ1) is 12.6. The number of thioether (sulfide) groups is 1. The maximum absolute atomic E-state index is 12.6. The van der Waals surface area contributed by atoms with Crippen LogP contribution < -0.4 is 16.2 Å². The van der Waals surface area contributed by atoms with E-state index in [9.17, 15) is 14.4 Å². The second kappa shape index (κ2) is 9.93. The van der Waals surface area contributed by atoms with E-state index in [4.69, 9.17) is 4.74 Å². The molecule has 0 bridgehead atoms. The third-order valence-electron chi connectivity index (χ3n) is 3.45. The highest BCUT2D eigenvalue weighted by Gasteiger charge is 2.14. The predicted octanol–water partition coefficient (Wildman–Crippen LogP) is 1.37. The molecule has 1 aromatic carbocycles. The first-order valence-corrected chi connectivity index (χ1v) is 9.24. The summed E-state index contributed by atoms with van der Waals surface area (Å²) in [4.78, 5) is 40.6. The Hall–Kier alpha value is -2.39. The number of imide groups is 1. The summed E-state index contributed by atoms with van der Waals surface area (Å²) >= 11 is 1.13. The number of fused-ring (bicyclic) bond motifs is 1. The topological polar surface area (TPSA) is 102 Å². The molecule has 0 unspecified atom stereocenters. The lowest BCUT2D eigenvalue weighted by atomic mass is 10.2. The lowest BCUT2D eigenvalue weighted by molar-refractivity contribution is -0.117. The largest absolute Gasteiger partial charge is 0.383 e. The molecule has 0 atom stereocenters. The van der Waals surface area contributed by atoms with Crippen molar-refractivity contribution in [1.82, 2.24) is 20.2 Å². The van der Waals surface area contributed by atoms with Crippen molar-refractivity contribution in [3.05, 3.63) is 34.6 Å². The quantitative estimate of drug-likeness (QED) is 0.409. The summed E-state index contributed by atoms with van der Waals surface area (Å²) in [5, 5.41) is 5.75. The molecule has 3 amide bonds. The molecule has 2 N–H and O–H groups in total. The number of para-hydroxylation sites is 1. The molecule has 1 heterocycles. The number of rotatable bonds is 8. The van der Waals surface area contributed by atoms with Crippen LogP contribution in [0.15, 0.2) is 34.2 Å². The smallest absolute Gasteiger partial charge is 0.321 e. The SMILES string of the molecule is CCCn1c(SCC(=O)NC(=O)NCCOC)nc2ccccc2c1=O. The summed E-state index contributed by atoms with van der Waals surface area (Å²) in [6, 6.07) is 6.53. The molecule has 26 heavy (non-hydrogen) atoms. The van der Waals surface area contributed by atoms with Crippen molar-refractivity contribution in [3.63, 3.8) is 0 Å². The lowest BCUT2D eigenvalue weighted by Gasteiger charge is -2.12. The van der Waals surface area contributed by atoms with Gasteiger partial charge in [-0.15, -0.1) is 0 Å². The zero-order valence-electron chi connectivity index (χ0n) is 14.8. The normalized spacial score (nSPS) is 10.7. The van der Waals surface area contributed by atoms with Crippen molar-refractivity contribution in [1.29, 1.82) is 0 Å². The molecular weight excluding hydrogens is 356 g/mol. The summed E-state index contributed by atoms with van der Waals surface area (Å²) in [5.41, 5.74) is 0.461. The maximum Gasteiger partial charge on any atom is 0.321 e. The third-order valence-corrected chi connectivity index (χ3v) is 4.43. The van der Waals surface area contributed by atoms with E-state index >= 15 is 0 Å². The van der Waals surface area contributed by atoms with E-state index in [-0.39, 0.29) is 11.3 Å². The zero-order chi connectivity index (χ0) is 18.9. The number of nitrogens with one attached hydrogen (secondary N) is 2. The minimum absolute atomic E-state index is 0.0216. The van der Waals surface area contributed by atoms with Gasteiger partial charge in [-0.2, -0.15) is 0 Å². The number of urea groups is 1. The number of amides is 3. The Kier molecular flexibility index (Phi) is 7.61. The summed E-state index contributed by atoms with van der Waals surface area (Å²) in [5.74, 6) is -0.484. The Morgan fingerprint density at radius 1 is 1.31 bits per heavy atom. The molecule has 9 heteroatoms. The lowest BCUT2D eigenvalue weighted by Crippen LogP contribution is -2.41. The second-order valence-corrected chi connectivity index (χ2v) is 6.40. The van der Waals surface area contributed by atoms with Gasteiger partial charge in [0, 0.05) is 20.2 Å². The maximum atomic E-state index is 12.6. The molecule has 1 aromatic heterocycles. The van der Waals surface area contributed by atoms with Crippen LogP contribution in [0.2, 0.25) is 0 Å². The molecule has 0 saturated carbocycles. The van der Waals surface area contributed by atoms with Gasteiger partial charge >= 0.3 is 6.03 Å². The van der Waals surface area contributed by atoms with Crippen molar-refractivity contribution in [2.45, 2.75) is 25.0 Å². The van der Waals surface area contributed by atoms with Gasteiger partial charge in [0.1, 0.15) is 0 Å². The fourth-order valence-electron chi connectivity index (χ4n) is 2.28. The molecule has 2 rings (SSSR count). The van der Waals surface area contributed by atoms with Crippen molar-refractivity contribution >= 4 is 34.6 Å². The van der Waals surface area contributed by atoms with E-state index in [1.165, 1.54) is 7.11 Å². The van der Waals surface area contributed by atoms with Crippen molar-refractivity contribution < 1.29 is 14.3 Å². The van der Waals surface area contributed by atoms with Gasteiger partial charge in [0.25, 0.3) is 5.56 Å². The van der Waals surface area contributed by atoms with Crippen molar-refractivity contribution in [2.75, 3.05) is 26.0 Å². The van der Waals surface area contributed by atoms with Crippen LogP contribution in [0.25, 0.3) is 10.9 Å². The number of aromatic nitrogens is 2. The van der Waals surface area contributed by atoms with Crippen LogP contribution in [0.3, 0.4) is 0 Å². The number of hydrogen-bond acceptors (Lipinski definition) is 6. The number of ether oxygens (including phenoxy) is 1. The van der Waals surface area contributed by atoms with Crippen molar-refractivity contribution in [3.8, 4) is 0 Å². The van der Waals surface area contributed by atoms with E-state index in [1.54, 1.807) is 22.8 Å². The fraction of sp³-hybridized carbons (Fsp3) is 0.412. The third kappa shape index (κ3) is 5.30. The van der Waals surface area contributed by atoms with E-state index < -0.39 is 11.9 Å². The highest BCUT2D eigenvalue weighted by atomic mass is 32.2. The molecule has 0 spiro atoms. The van der Waals surface area contributed by atoms with Crippen LogP contribution in [0.1, 0.15) is 13.3 Å². The Balaban J connectivity index is 2.07. The Bertz CT molecular complexity index is 837. The van der Waals surface area contributed by atoms with E-state index in [2.05, 4.69) is 15.6 Å². The predicted molar refractivity (Wildman–Crippen MR) is 100 cm³/mol. The summed E-state index contributed by atoms with van der Waals surface area (Å²) in [7, 11) is 1.52. The van der Waals surface area contributed by atoms with Crippen LogP contribution in [0.4, 0.5) is 4.79 Å². The molecule has 0 fully saturated rings. The Labute approximate surface area is 155 Å². The number of methoxy groups -OCH3 is 1. The molecule has 2 aromatic rings. The van der Waals surface area contributed by atoms with Crippen LogP contribution in [-0.2, 0) is 16.1 Å². The zero-order valence-corrected chi connectivity index (χ0v) is 15.6. The average molecular weight is 378 g/mol. The van der Waals surface area contributed by atoms with Gasteiger partial charge in [-0.25, -0.2) is 9.78 Å². The number of carbonyl (C=O) groups is 2. The molecule has 0 aliphatic carbocycles. The van der Waals surface area contributed by atoms with Gasteiger partial charge in [-0.3, -0.25) is 19.5 Å². The van der Waals surface area contributed by atoms with Crippen LogP contribution >= 0.6 is 11.8 Å². The minimum Gasteiger partial charge on any atom is -0.383 e. The molecule has 0 radical (unpaired) electrons. The standard InChI is InChI=1S/C17H22N4O4S/c1-3-9-21-15(23)12-6-4-5-7-13(12)19-17(21)26-11-14(22)20-16(24)18-8-10-25-2/h4-7H,3,8-11H2,1-2H3,(H2,18,20,22,24). The van der Waals surface area contributed by atoms with E-state index in [1.807, 2.05) is 13.0 Å². The molecular formula is C17H22N4O4S. The van der Waals surface area contributed by atoms with Gasteiger partial charge in [0.15, 0.2) is 5.16 Å². The summed E-state index contributed by atoms with van der Waals surface area (Å²) < 4.78 is 6.38. The highest BCUT2D eigenvalue weighted by molar-refractivity contribution is 7.99. The molecule has 0 saturated heterocycles. The van der Waals surface area contributed by atoms with Gasteiger partial charge in [0.2, 0.25) is 5.91 Å². The second-order valence-electron chi connectivity index (χ2n) is 5.45. The van der Waals surface area contributed by atoms with Crippen LogP contribution in [0.5, 0.6) is 0 Å². The van der Waals surface area contributed by atoms with Gasteiger partial charge in [-0.1, -0.05) is 30.8 Å². The summed E-state index contributed by atoms with van der Waals surface area (Å²) in [6.45, 7) is 3.15. The first kappa shape index (κ1) is 19.9. The first-order valence-electron chi connectivity index (χ1n) is 8.25. The number of benzene rings is 1. The highest BCUT2D eigenvalue weighted by Crippen LogP contribution is 2.17. The van der Waals surface area contributed by atoms with Crippen LogP contribution in [-0.4, -0.2) is 47.5 Å². The molecule has 0 aliphatic rings. The number of carbonyl (C=O) groups excluding carboxylic acids is 2. The van der Waals surface area contributed by atoms with Gasteiger partial charge in [0.05, 0.1) is 23.3 Å². The molecule has 0 aliphatic heterocycles. The van der Waals surface area contributed by atoms with E-state index in [0.29, 0.717) is 35.8 Å². The fourth-order valence-corrected chi connectivity index (χ4v) is 3.11. The summed E-state index contributed by atoms with van der Waals surface area (Å²) in [6.07, 6.45) is 0.765. The minimum atomic E-state index is -0.579. The number of hydrogen-bond donors (Lipinski definition) is 2. The van der Waals surface area contributed by atoms with Gasteiger partial charge < -0.3 is 10.1 Å². The number of nitrogens with zero attached hydrogens (tertiary/aromatic N) is 2. The van der Waals surface area contributed by atoms with Gasteiger partial charge in [-0.05, 0) is 18.6 Å². The monoisotopic (exact) mass is 378 g/mol. The average Bonchev–Trinajstić information content (AvgIpc) is 2.63. The Morgan fingerprint density at radius 2 is 2.08 bits per heavy atom.